The molecule has 0 radical (unpaired) electrons. The molecule has 0 saturated heterocycles. The number of allylic oxidation sites excluding steroid dienone is 4. The Kier molecular flexibility index (Phi) is 71.2. The van der Waals surface area contributed by atoms with Crippen LogP contribution >= 0.6 is 0 Å². The molecule has 0 spiro atoms. The van der Waals surface area contributed by atoms with Crippen molar-refractivity contribution in [2.24, 2.45) is 142 Å². The SMILES string of the molecule is C.CC.CC.CC.CC.CC.CC.CC.CC.CC.CC.CCC(C)C1CC(C)C(C)C2=CCC=C21.CCC(C)C1CC(C)C(C)C2CCCC12.CCC(C)C1CC(C)C(C)C2CCCCC12.CCC(C)C1CC(C)C(C)c2c1ccc1ccccc21.CCC(C)C1CC(C)C(C)c2cc3ccccc3cc21.CCC(C)C1CC(C)C(C)c2ccc3ccccc3c21.CCC(C)C1CC(C)C(C)c2ccccc21. The van der Waals surface area contributed by atoms with Gasteiger partial charge in [0.1, 0.15) is 0 Å². The van der Waals surface area contributed by atoms with Gasteiger partial charge in [-0.3, -0.25) is 0 Å². The number of hydrogen-bond donors (Lipinski definition) is 0. The van der Waals surface area contributed by atoms with E-state index in [1.807, 2.05) is 138 Å². The molecule has 10 aliphatic rings. The maximum Gasteiger partial charge on any atom is -0.0125 e. The van der Waals surface area contributed by atoms with Gasteiger partial charge >= 0.3 is 0 Å². The highest BCUT2D eigenvalue weighted by molar-refractivity contribution is 5.89. The molecule has 5 saturated carbocycles. The lowest BCUT2D eigenvalue weighted by molar-refractivity contribution is -0.00243. The summed E-state index contributed by atoms with van der Waals surface area (Å²) in [5, 5.41) is 8.58. The number of fused-ring (bicyclic) bond motifs is 12. The summed E-state index contributed by atoms with van der Waals surface area (Å²) in [6, 6.07) is 50.1. The second-order valence-electron chi connectivity index (χ2n) is 44.7. The predicted octanol–water partition coefficient (Wildman–Crippen LogP) is 48.6. The standard InChI is InChI=1S/3C20H26.C16H30.C16H24.C15H28.C15H24.10C2H6.CH4/c1-5-13(2)18-10-14(3)15(4)19-11-16-8-6-7-9-17(16)12-20(18)19;1-5-13(2)19-12-14(3)15(4)17-11-10-16-8-6-7-9-18(16)20(17)19;1-5-13(2)19-12-14(3)15(4)20-17-9-7-6-8-16(17)10-11-18(19)20;2*1-5-11(2)16-10-12(3)13(4)14-8-6-7-9-15(14)16;2*1-5-10(2)15-9-11(3)12(4)13-7-6-8-14(13)15;10*1-2;/h6-9,11-15,18H,5,10H2,1-4H3;2*6-11,13-15,19H,5,12H2,1-4H3;11-16H,5-10H2,1-4H3;6-9,11-13,16H,5,10H2,1-4H3;10-15H,5-9H2,1-4H3;7-8,10-12,15H,5-6,9H2,1-4H3;10*1-2H3;1H4. The normalized spacial score (nSPS) is 29.4. The molecule has 5 fully saturated rings. The van der Waals surface area contributed by atoms with Crippen LogP contribution in [0.4, 0.5) is 0 Å². The Balaban J connectivity index is 0.00000160. The average Bonchev–Trinajstić information content (AvgIpc) is 1.74. The van der Waals surface area contributed by atoms with Gasteiger partial charge in [-0.05, 0) is 354 Å². The third-order valence-corrected chi connectivity index (χ3v) is 38.2. The highest BCUT2D eigenvalue weighted by Crippen LogP contribution is 2.57. The summed E-state index contributed by atoms with van der Waals surface area (Å²) in [5.74, 6) is 27.8. The van der Waals surface area contributed by atoms with Crippen LogP contribution in [0.2, 0.25) is 0 Å². The van der Waals surface area contributed by atoms with E-state index in [0.717, 1.165) is 172 Å². The monoisotopic (exact) mass is 1970 g/mol. The molecule has 0 heteroatoms. The smallest absolute Gasteiger partial charge is 0.0125 e. The topological polar surface area (TPSA) is 0 Å². The first kappa shape index (κ1) is 138. The van der Waals surface area contributed by atoms with Crippen LogP contribution in [0.5, 0.6) is 0 Å². The van der Waals surface area contributed by atoms with Crippen LogP contribution in [0.15, 0.2) is 157 Å². The van der Waals surface area contributed by atoms with Gasteiger partial charge in [-0.1, -0.05) is 550 Å². The van der Waals surface area contributed by atoms with Crippen molar-refractivity contribution in [3.8, 4) is 0 Å². The van der Waals surface area contributed by atoms with Crippen LogP contribution in [-0.4, -0.2) is 0 Å². The van der Waals surface area contributed by atoms with E-state index in [0.29, 0.717) is 17.8 Å². The molecule has 7 aromatic carbocycles. The first-order chi connectivity index (χ1) is 68.5. The Morgan fingerprint density at radius 2 is 0.524 bits per heavy atom. The second-order valence-corrected chi connectivity index (χ2v) is 44.7. The molecule has 820 valence electrons. The zero-order valence-corrected chi connectivity index (χ0v) is 104. The van der Waals surface area contributed by atoms with E-state index < -0.39 is 0 Å². The van der Waals surface area contributed by atoms with Crippen LogP contribution in [0, 0.1) is 142 Å². The van der Waals surface area contributed by atoms with Gasteiger partial charge in [-0.25, -0.2) is 0 Å². The fourth-order valence-corrected chi connectivity index (χ4v) is 27.1. The Morgan fingerprint density at radius 1 is 0.231 bits per heavy atom. The first-order valence-electron chi connectivity index (χ1n) is 62.5. The zero-order chi connectivity index (χ0) is 108. The summed E-state index contributed by atoms with van der Waals surface area (Å²) in [6.45, 7) is 108. The van der Waals surface area contributed by atoms with Crippen LogP contribution in [0.3, 0.4) is 0 Å². The maximum absolute atomic E-state index is 2.53. The Labute approximate surface area is 897 Å². The molecule has 0 amide bonds. The van der Waals surface area contributed by atoms with E-state index in [9.17, 15) is 0 Å². The lowest BCUT2D eigenvalue weighted by atomic mass is 9.56. The fourth-order valence-electron chi connectivity index (χ4n) is 27.1. The number of hydrogen-bond acceptors (Lipinski definition) is 0. The minimum absolute atomic E-state index is 0. The van der Waals surface area contributed by atoms with Crippen molar-refractivity contribution in [3.63, 3.8) is 0 Å². The van der Waals surface area contributed by atoms with Crippen LogP contribution in [-0.2, 0) is 0 Å². The number of rotatable bonds is 14. The molecular weight excluding hydrogens is 1720 g/mol. The van der Waals surface area contributed by atoms with Crippen molar-refractivity contribution >= 4 is 32.3 Å². The summed E-state index contributed by atoms with van der Waals surface area (Å²) >= 11 is 0. The van der Waals surface area contributed by atoms with Crippen molar-refractivity contribution in [1.29, 1.82) is 0 Å². The van der Waals surface area contributed by atoms with Gasteiger partial charge < -0.3 is 0 Å². The first-order valence-corrected chi connectivity index (χ1v) is 62.5. The Hall–Kier alpha value is -5.20. The molecule has 0 aromatic heterocycles. The molecule has 0 heterocycles. The summed E-state index contributed by atoms with van der Waals surface area (Å²) in [4.78, 5) is 0. The molecule has 7 aromatic rings. The van der Waals surface area contributed by atoms with Gasteiger partial charge in [0.05, 0.1) is 0 Å². The summed E-state index contributed by atoms with van der Waals surface area (Å²) in [7, 11) is 0. The highest BCUT2D eigenvalue weighted by Gasteiger charge is 2.47. The van der Waals surface area contributed by atoms with Gasteiger partial charge in [-0.15, -0.1) is 0 Å². The molecule has 17 rings (SSSR count). The molecule has 0 aliphatic heterocycles. The van der Waals surface area contributed by atoms with Crippen molar-refractivity contribution in [2.45, 2.75) is 528 Å². The van der Waals surface area contributed by atoms with Crippen molar-refractivity contribution < 1.29 is 0 Å². The van der Waals surface area contributed by atoms with Crippen LogP contribution in [0.1, 0.15) is 573 Å². The van der Waals surface area contributed by atoms with Gasteiger partial charge in [0.25, 0.3) is 0 Å². The minimum atomic E-state index is 0. The Bertz CT molecular complexity index is 4400. The molecule has 0 N–H and O–H groups in total. The Morgan fingerprint density at radius 3 is 0.958 bits per heavy atom. The van der Waals surface area contributed by atoms with Gasteiger partial charge in [0, 0.05) is 0 Å². The van der Waals surface area contributed by atoms with Gasteiger partial charge in [0.15, 0.2) is 0 Å². The molecule has 143 heavy (non-hydrogen) atoms. The lowest BCUT2D eigenvalue weighted by Gasteiger charge is -2.50. The largest absolute Gasteiger partial charge is 0.0776 e. The lowest BCUT2D eigenvalue weighted by Crippen LogP contribution is -2.42. The summed E-state index contributed by atoms with van der Waals surface area (Å²) in [6.07, 6.45) is 35.8. The van der Waals surface area contributed by atoms with Crippen LogP contribution < -0.4 is 0 Å². The van der Waals surface area contributed by atoms with Crippen molar-refractivity contribution in [2.75, 3.05) is 0 Å². The number of benzene rings is 7. The van der Waals surface area contributed by atoms with Crippen molar-refractivity contribution in [1.82, 2.24) is 0 Å². The van der Waals surface area contributed by atoms with E-state index in [1.54, 1.807) is 55.7 Å². The third kappa shape index (κ3) is 36.3. The molecule has 0 nitrogen and oxygen atoms in total. The van der Waals surface area contributed by atoms with Crippen molar-refractivity contribution in [3.05, 3.63) is 201 Å². The molecular formula is C143H248. The third-order valence-electron chi connectivity index (χ3n) is 38.2. The predicted molar refractivity (Wildman–Crippen MR) is 661 cm³/mol. The highest BCUT2D eigenvalue weighted by atomic mass is 14.5. The molecule has 32 atom stereocenters. The van der Waals surface area contributed by atoms with E-state index in [2.05, 4.69) is 339 Å². The van der Waals surface area contributed by atoms with Gasteiger partial charge in [0.2, 0.25) is 0 Å². The van der Waals surface area contributed by atoms with E-state index in [-0.39, 0.29) is 7.43 Å². The maximum atomic E-state index is 2.53. The zero-order valence-electron chi connectivity index (χ0n) is 104. The second kappa shape index (κ2) is 73.9. The molecule has 0 bridgehead atoms. The van der Waals surface area contributed by atoms with Crippen LogP contribution in [0.25, 0.3) is 32.3 Å². The average molecular weight is 1970 g/mol. The summed E-state index contributed by atoms with van der Waals surface area (Å²) in [5.41, 5.74) is 16.4. The van der Waals surface area contributed by atoms with E-state index in [1.165, 1.54) is 174 Å². The van der Waals surface area contributed by atoms with Gasteiger partial charge in [-0.2, -0.15) is 0 Å². The minimum Gasteiger partial charge on any atom is -0.0776 e. The molecule has 32 unspecified atom stereocenters. The quantitative estimate of drug-likeness (QED) is 0.102. The van der Waals surface area contributed by atoms with E-state index >= 15 is 0 Å². The van der Waals surface area contributed by atoms with E-state index in [4.69, 9.17) is 0 Å². The summed E-state index contributed by atoms with van der Waals surface area (Å²) < 4.78 is 0. The molecule has 10 aliphatic carbocycles. The fraction of sp³-hybridized carbons (Fsp3) is 0.720.